The van der Waals surface area contributed by atoms with Crippen molar-refractivity contribution in [3.8, 4) is 5.75 Å². The van der Waals surface area contributed by atoms with E-state index in [9.17, 15) is 18.5 Å². The van der Waals surface area contributed by atoms with Crippen LogP contribution in [0.15, 0.2) is 47.4 Å². The largest absolute Gasteiger partial charge is 0.495 e. The predicted molar refractivity (Wildman–Crippen MR) is 81.9 cm³/mol. The van der Waals surface area contributed by atoms with E-state index >= 15 is 0 Å². The predicted octanol–water partition coefficient (Wildman–Crippen LogP) is 3.06. The molecule has 0 aliphatic rings. The van der Waals surface area contributed by atoms with E-state index in [-0.39, 0.29) is 22.0 Å². The van der Waals surface area contributed by atoms with Crippen molar-refractivity contribution in [3.05, 3.63) is 57.6 Å². The molecule has 0 aliphatic carbocycles. The molecule has 1 N–H and O–H groups in total. The van der Waals surface area contributed by atoms with Crippen molar-refractivity contribution in [2.75, 3.05) is 11.8 Å². The standard InChI is InChI=1S/C13H11ClN2O5S/c1-21-12-7-6-11(16(17)18)8-13(12)22(19,20)15-10-4-2-9(14)3-5-10/h2-8,15H,1H3. The number of halogens is 1. The van der Waals surface area contributed by atoms with Gasteiger partial charge in [0.15, 0.2) is 0 Å². The number of sulfonamides is 1. The number of methoxy groups -OCH3 is 1. The highest BCUT2D eigenvalue weighted by Crippen LogP contribution is 2.29. The topological polar surface area (TPSA) is 98.5 Å². The minimum Gasteiger partial charge on any atom is -0.495 e. The molecule has 0 spiro atoms. The number of nitro benzene ring substituents is 1. The number of non-ortho nitro benzene ring substituents is 1. The van der Waals surface area contributed by atoms with Crippen LogP contribution in [-0.4, -0.2) is 20.5 Å². The van der Waals surface area contributed by atoms with Crippen LogP contribution in [0, 0.1) is 10.1 Å². The average molecular weight is 343 g/mol. The zero-order valence-corrected chi connectivity index (χ0v) is 12.9. The smallest absolute Gasteiger partial charge is 0.271 e. The lowest BCUT2D eigenvalue weighted by atomic mass is 10.3. The van der Waals surface area contributed by atoms with Gasteiger partial charge in [0.25, 0.3) is 15.7 Å². The van der Waals surface area contributed by atoms with Gasteiger partial charge in [0.1, 0.15) is 10.6 Å². The van der Waals surface area contributed by atoms with E-state index in [2.05, 4.69) is 4.72 Å². The lowest BCUT2D eigenvalue weighted by molar-refractivity contribution is -0.385. The van der Waals surface area contributed by atoms with Crippen LogP contribution < -0.4 is 9.46 Å². The summed E-state index contributed by atoms with van der Waals surface area (Å²) < 4.78 is 32.1. The molecule has 22 heavy (non-hydrogen) atoms. The SMILES string of the molecule is COc1ccc([N+](=O)[O-])cc1S(=O)(=O)Nc1ccc(Cl)cc1. The first-order valence-corrected chi connectivity index (χ1v) is 7.80. The van der Waals surface area contributed by atoms with E-state index < -0.39 is 14.9 Å². The molecular weight excluding hydrogens is 332 g/mol. The fraction of sp³-hybridized carbons (Fsp3) is 0.0769. The molecule has 0 unspecified atom stereocenters. The van der Waals surface area contributed by atoms with E-state index in [4.69, 9.17) is 16.3 Å². The molecule has 0 fully saturated rings. The number of rotatable bonds is 5. The Bertz CT molecular complexity index is 806. The van der Waals surface area contributed by atoms with Crippen LogP contribution in [-0.2, 0) is 10.0 Å². The van der Waals surface area contributed by atoms with Gasteiger partial charge in [0.05, 0.1) is 12.0 Å². The molecule has 0 saturated carbocycles. The van der Waals surface area contributed by atoms with Gasteiger partial charge in [0.2, 0.25) is 0 Å². The van der Waals surface area contributed by atoms with Gasteiger partial charge < -0.3 is 4.74 Å². The Kier molecular flexibility index (Phi) is 4.53. The number of hydrogen-bond acceptors (Lipinski definition) is 5. The van der Waals surface area contributed by atoms with Crippen molar-refractivity contribution in [1.82, 2.24) is 0 Å². The number of benzene rings is 2. The summed E-state index contributed by atoms with van der Waals surface area (Å²) in [5.41, 5.74) is -0.0739. The maximum atomic E-state index is 12.4. The van der Waals surface area contributed by atoms with Crippen LogP contribution in [0.2, 0.25) is 5.02 Å². The van der Waals surface area contributed by atoms with Crippen molar-refractivity contribution in [1.29, 1.82) is 0 Å². The fourth-order valence-electron chi connectivity index (χ4n) is 1.72. The van der Waals surface area contributed by atoms with Gasteiger partial charge in [-0.1, -0.05) is 11.6 Å². The van der Waals surface area contributed by atoms with Gasteiger partial charge >= 0.3 is 0 Å². The third kappa shape index (κ3) is 3.46. The van der Waals surface area contributed by atoms with E-state index in [0.29, 0.717) is 5.02 Å². The fourth-order valence-corrected chi connectivity index (χ4v) is 3.09. The van der Waals surface area contributed by atoms with Crippen molar-refractivity contribution < 1.29 is 18.1 Å². The quantitative estimate of drug-likeness (QED) is 0.665. The summed E-state index contributed by atoms with van der Waals surface area (Å²) in [6.45, 7) is 0. The monoisotopic (exact) mass is 342 g/mol. The number of anilines is 1. The minimum absolute atomic E-state index is 0.00654. The lowest BCUT2D eigenvalue weighted by Crippen LogP contribution is -2.14. The van der Waals surface area contributed by atoms with Crippen molar-refractivity contribution in [3.63, 3.8) is 0 Å². The Morgan fingerprint density at radius 2 is 1.82 bits per heavy atom. The van der Waals surface area contributed by atoms with Crippen LogP contribution >= 0.6 is 11.6 Å². The zero-order chi connectivity index (χ0) is 16.3. The summed E-state index contributed by atoms with van der Waals surface area (Å²) in [5, 5.41) is 11.3. The molecule has 0 aliphatic heterocycles. The van der Waals surface area contributed by atoms with Crippen molar-refractivity contribution >= 4 is 33.0 Å². The minimum atomic E-state index is -4.05. The van der Waals surface area contributed by atoms with Gasteiger partial charge in [-0.3, -0.25) is 14.8 Å². The molecule has 0 amide bonds. The first kappa shape index (κ1) is 16.1. The molecule has 2 rings (SSSR count). The average Bonchev–Trinajstić information content (AvgIpc) is 2.48. The Hall–Kier alpha value is -2.32. The Balaban J connectivity index is 2.45. The molecule has 7 nitrogen and oxygen atoms in total. The maximum Gasteiger partial charge on any atom is 0.271 e. The first-order chi connectivity index (χ1) is 10.3. The third-order valence-electron chi connectivity index (χ3n) is 2.74. The van der Waals surface area contributed by atoms with Gasteiger partial charge in [-0.05, 0) is 30.3 Å². The molecule has 0 bridgehead atoms. The second kappa shape index (κ2) is 6.20. The molecule has 0 radical (unpaired) electrons. The number of hydrogen-bond donors (Lipinski definition) is 1. The Labute approximate surface area is 131 Å². The number of ether oxygens (including phenoxy) is 1. The van der Waals surface area contributed by atoms with Gasteiger partial charge in [-0.25, -0.2) is 8.42 Å². The summed E-state index contributed by atoms with van der Waals surface area (Å²) >= 11 is 5.73. The molecular formula is C13H11ClN2O5S. The summed E-state index contributed by atoms with van der Waals surface area (Å²) in [6, 6.07) is 9.33. The lowest BCUT2D eigenvalue weighted by Gasteiger charge is -2.11. The number of nitrogens with one attached hydrogen (secondary N) is 1. The van der Waals surface area contributed by atoms with Crippen LogP contribution in [0.4, 0.5) is 11.4 Å². The molecule has 0 atom stereocenters. The van der Waals surface area contributed by atoms with Gasteiger partial charge in [-0.2, -0.15) is 0 Å². The molecule has 0 aromatic heterocycles. The number of nitro groups is 1. The zero-order valence-electron chi connectivity index (χ0n) is 11.3. The second-order valence-corrected chi connectivity index (χ2v) is 6.29. The van der Waals surface area contributed by atoms with Crippen LogP contribution in [0.1, 0.15) is 0 Å². The summed E-state index contributed by atoms with van der Waals surface area (Å²) in [5.74, 6) is 0.00654. The van der Waals surface area contributed by atoms with Crippen molar-refractivity contribution in [2.24, 2.45) is 0 Å². The van der Waals surface area contributed by atoms with E-state index in [1.807, 2.05) is 0 Å². The molecule has 9 heteroatoms. The first-order valence-electron chi connectivity index (χ1n) is 5.94. The normalized spacial score (nSPS) is 11.0. The van der Waals surface area contributed by atoms with Crippen LogP contribution in [0.3, 0.4) is 0 Å². The molecule has 2 aromatic carbocycles. The second-order valence-electron chi connectivity index (χ2n) is 4.20. The highest BCUT2D eigenvalue weighted by Gasteiger charge is 2.23. The third-order valence-corrected chi connectivity index (χ3v) is 4.40. The maximum absolute atomic E-state index is 12.4. The summed E-state index contributed by atoms with van der Waals surface area (Å²) in [7, 11) is -2.77. The molecule has 116 valence electrons. The Morgan fingerprint density at radius 1 is 1.18 bits per heavy atom. The molecule has 2 aromatic rings. The molecule has 0 heterocycles. The van der Waals surface area contributed by atoms with Gasteiger partial charge in [-0.15, -0.1) is 0 Å². The van der Waals surface area contributed by atoms with Crippen LogP contribution in [0.5, 0.6) is 5.75 Å². The Morgan fingerprint density at radius 3 is 2.36 bits per heavy atom. The summed E-state index contributed by atoms with van der Waals surface area (Å²) in [4.78, 5) is 9.81. The highest BCUT2D eigenvalue weighted by molar-refractivity contribution is 7.92. The van der Waals surface area contributed by atoms with Crippen molar-refractivity contribution in [2.45, 2.75) is 4.90 Å². The summed E-state index contributed by atoms with van der Waals surface area (Å²) in [6.07, 6.45) is 0. The highest BCUT2D eigenvalue weighted by atomic mass is 35.5. The number of nitrogens with zero attached hydrogens (tertiary/aromatic N) is 1. The van der Waals surface area contributed by atoms with E-state index in [1.165, 1.54) is 43.5 Å². The van der Waals surface area contributed by atoms with Crippen LogP contribution in [0.25, 0.3) is 0 Å². The van der Waals surface area contributed by atoms with E-state index in [1.54, 1.807) is 0 Å². The van der Waals surface area contributed by atoms with Gasteiger partial charge in [0, 0.05) is 22.8 Å². The molecule has 0 saturated heterocycles. The van der Waals surface area contributed by atoms with E-state index in [0.717, 1.165) is 6.07 Å².